The number of carbonyl (C=O) groups excluding carboxylic acids is 1. The molecule has 1 rings (SSSR count). The number of ether oxygens (including phenoxy) is 1. The number of methoxy groups -OCH3 is 1. The van der Waals surface area contributed by atoms with Gasteiger partial charge in [-0.25, -0.2) is 0 Å². The molecule has 1 fully saturated rings. The number of nitrogens with one attached hydrogen (secondary N) is 1. The van der Waals surface area contributed by atoms with Crippen LogP contribution in [0.4, 0.5) is 0 Å². The van der Waals surface area contributed by atoms with Gasteiger partial charge in [-0.2, -0.15) is 0 Å². The summed E-state index contributed by atoms with van der Waals surface area (Å²) in [5, 5.41) is 3.28. The Morgan fingerprint density at radius 1 is 1.47 bits per heavy atom. The molecule has 1 aliphatic heterocycles. The predicted octanol–water partition coefficient (Wildman–Crippen LogP) is 0.623. The summed E-state index contributed by atoms with van der Waals surface area (Å²) in [6, 6.07) is 0. The lowest BCUT2D eigenvalue weighted by molar-refractivity contribution is -0.153. The second kappa shape index (κ2) is 5.47. The minimum atomic E-state index is -0.648. The van der Waals surface area contributed by atoms with Gasteiger partial charge in [-0.05, 0) is 26.3 Å². The topological polar surface area (TPSA) is 41.6 Å². The van der Waals surface area contributed by atoms with Crippen LogP contribution in [0, 0.1) is 0 Å². The van der Waals surface area contributed by atoms with Gasteiger partial charge in [-0.15, -0.1) is 0 Å². The maximum Gasteiger partial charge on any atom is 0.254 e. The molecule has 0 saturated carbocycles. The second-order valence-electron chi connectivity index (χ2n) is 4.18. The van der Waals surface area contributed by atoms with Crippen LogP contribution >= 0.6 is 0 Å². The molecule has 0 aliphatic carbocycles. The van der Waals surface area contributed by atoms with Crippen LogP contribution in [0.1, 0.15) is 26.7 Å². The SMILES string of the molecule is CCC(C)(OC)C(=O)N1CCCNCC1. The second-order valence-corrected chi connectivity index (χ2v) is 4.18. The van der Waals surface area contributed by atoms with Gasteiger partial charge < -0.3 is 15.0 Å². The summed E-state index contributed by atoms with van der Waals surface area (Å²) in [5.74, 6) is 0.121. The molecule has 88 valence electrons. The number of nitrogens with zero attached hydrogens (tertiary/aromatic N) is 1. The summed E-state index contributed by atoms with van der Waals surface area (Å²) in [6.45, 7) is 7.36. The third-order valence-corrected chi connectivity index (χ3v) is 3.20. The van der Waals surface area contributed by atoms with Crippen molar-refractivity contribution in [3.8, 4) is 0 Å². The standard InChI is InChI=1S/C11H22N2O2/c1-4-11(2,15-3)10(14)13-8-5-6-12-7-9-13/h12H,4-9H2,1-3H3. The molecule has 0 aromatic carbocycles. The van der Waals surface area contributed by atoms with Gasteiger partial charge in [0.05, 0.1) is 0 Å². The van der Waals surface area contributed by atoms with Crippen molar-refractivity contribution in [3.63, 3.8) is 0 Å². The molecule has 0 aromatic rings. The van der Waals surface area contributed by atoms with Gasteiger partial charge in [0.2, 0.25) is 0 Å². The highest BCUT2D eigenvalue weighted by Crippen LogP contribution is 2.18. The van der Waals surface area contributed by atoms with E-state index < -0.39 is 5.60 Å². The van der Waals surface area contributed by atoms with Crippen molar-refractivity contribution in [1.29, 1.82) is 0 Å². The fraction of sp³-hybridized carbons (Fsp3) is 0.909. The largest absolute Gasteiger partial charge is 0.369 e. The number of carbonyl (C=O) groups is 1. The van der Waals surface area contributed by atoms with E-state index in [-0.39, 0.29) is 5.91 Å². The summed E-state index contributed by atoms with van der Waals surface area (Å²) < 4.78 is 5.33. The average molecular weight is 214 g/mol. The van der Waals surface area contributed by atoms with Crippen molar-refractivity contribution >= 4 is 5.91 Å². The molecule has 4 nitrogen and oxygen atoms in total. The fourth-order valence-electron chi connectivity index (χ4n) is 1.77. The summed E-state index contributed by atoms with van der Waals surface area (Å²) in [5.41, 5.74) is -0.648. The third kappa shape index (κ3) is 2.92. The van der Waals surface area contributed by atoms with Crippen LogP contribution < -0.4 is 5.32 Å². The molecule has 0 spiro atoms. The highest BCUT2D eigenvalue weighted by Gasteiger charge is 2.34. The number of hydrogen-bond donors (Lipinski definition) is 1. The van der Waals surface area contributed by atoms with Gasteiger partial charge in [-0.3, -0.25) is 4.79 Å². The summed E-state index contributed by atoms with van der Waals surface area (Å²) in [6.07, 6.45) is 1.74. The highest BCUT2D eigenvalue weighted by molar-refractivity contribution is 5.84. The first-order chi connectivity index (χ1) is 7.14. The van der Waals surface area contributed by atoms with Crippen LogP contribution in [0.2, 0.25) is 0 Å². The number of amides is 1. The van der Waals surface area contributed by atoms with Gasteiger partial charge in [-0.1, -0.05) is 6.92 Å². The van der Waals surface area contributed by atoms with Crippen LogP contribution in [-0.4, -0.2) is 49.7 Å². The Balaban J connectivity index is 2.64. The van der Waals surface area contributed by atoms with Crippen LogP contribution in [-0.2, 0) is 9.53 Å². The molecule has 0 bridgehead atoms. The third-order valence-electron chi connectivity index (χ3n) is 3.20. The highest BCUT2D eigenvalue weighted by atomic mass is 16.5. The molecule has 1 aliphatic rings. The van der Waals surface area contributed by atoms with Crippen LogP contribution in [0.5, 0.6) is 0 Å². The molecule has 1 amide bonds. The van der Waals surface area contributed by atoms with Crippen molar-refractivity contribution < 1.29 is 9.53 Å². The van der Waals surface area contributed by atoms with Crippen LogP contribution in [0.3, 0.4) is 0 Å². The molecular formula is C11H22N2O2. The summed E-state index contributed by atoms with van der Waals surface area (Å²) in [7, 11) is 1.61. The van der Waals surface area contributed by atoms with Gasteiger partial charge >= 0.3 is 0 Å². The molecule has 0 aromatic heterocycles. The molecular weight excluding hydrogens is 192 g/mol. The van der Waals surface area contributed by atoms with Gasteiger partial charge in [0.15, 0.2) is 0 Å². The Hall–Kier alpha value is -0.610. The molecule has 15 heavy (non-hydrogen) atoms. The molecule has 1 heterocycles. The zero-order chi connectivity index (χ0) is 11.3. The van der Waals surface area contributed by atoms with Crippen LogP contribution in [0.15, 0.2) is 0 Å². The fourth-order valence-corrected chi connectivity index (χ4v) is 1.77. The predicted molar refractivity (Wildman–Crippen MR) is 59.8 cm³/mol. The van der Waals surface area contributed by atoms with E-state index in [0.29, 0.717) is 6.42 Å². The van der Waals surface area contributed by atoms with E-state index in [1.54, 1.807) is 7.11 Å². The summed E-state index contributed by atoms with van der Waals surface area (Å²) >= 11 is 0. The normalized spacial score (nSPS) is 21.9. The zero-order valence-electron chi connectivity index (χ0n) is 10.0. The Morgan fingerprint density at radius 3 is 2.80 bits per heavy atom. The van der Waals surface area contributed by atoms with Crippen LogP contribution in [0.25, 0.3) is 0 Å². The maximum atomic E-state index is 12.2. The van der Waals surface area contributed by atoms with Crippen molar-refractivity contribution in [1.82, 2.24) is 10.2 Å². The Morgan fingerprint density at radius 2 is 2.20 bits per heavy atom. The monoisotopic (exact) mass is 214 g/mol. The Bertz CT molecular complexity index is 207. The molecule has 1 unspecified atom stereocenters. The molecule has 1 N–H and O–H groups in total. The van der Waals surface area contributed by atoms with E-state index in [9.17, 15) is 4.79 Å². The number of rotatable bonds is 3. The van der Waals surface area contributed by atoms with Gasteiger partial charge in [0.25, 0.3) is 5.91 Å². The van der Waals surface area contributed by atoms with Gasteiger partial charge in [0, 0.05) is 26.7 Å². The Labute approximate surface area is 92.0 Å². The minimum Gasteiger partial charge on any atom is -0.369 e. The summed E-state index contributed by atoms with van der Waals surface area (Å²) in [4.78, 5) is 14.1. The zero-order valence-corrected chi connectivity index (χ0v) is 10.0. The first-order valence-electron chi connectivity index (χ1n) is 5.69. The van der Waals surface area contributed by atoms with Crippen molar-refractivity contribution in [2.45, 2.75) is 32.3 Å². The van der Waals surface area contributed by atoms with Crippen molar-refractivity contribution in [2.75, 3.05) is 33.3 Å². The van der Waals surface area contributed by atoms with E-state index in [2.05, 4.69) is 5.32 Å². The first kappa shape index (κ1) is 12.5. The lowest BCUT2D eigenvalue weighted by Crippen LogP contribution is -2.49. The molecule has 4 heteroatoms. The smallest absolute Gasteiger partial charge is 0.254 e. The van der Waals surface area contributed by atoms with Gasteiger partial charge in [0.1, 0.15) is 5.60 Å². The Kier molecular flexibility index (Phi) is 4.54. The van der Waals surface area contributed by atoms with E-state index >= 15 is 0 Å². The van der Waals surface area contributed by atoms with E-state index in [0.717, 1.165) is 32.6 Å². The average Bonchev–Trinajstić information content (AvgIpc) is 2.55. The number of hydrogen-bond acceptors (Lipinski definition) is 3. The van der Waals surface area contributed by atoms with E-state index in [1.807, 2.05) is 18.7 Å². The molecule has 1 saturated heterocycles. The lowest BCUT2D eigenvalue weighted by Gasteiger charge is -2.32. The molecule has 0 radical (unpaired) electrons. The quantitative estimate of drug-likeness (QED) is 0.749. The first-order valence-corrected chi connectivity index (χ1v) is 5.69. The lowest BCUT2D eigenvalue weighted by atomic mass is 10.0. The minimum absolute atomic E-state index is 0.121. The van der Waals surface area contributed by atoms with E-state index in [4.69, 9.17) is 4.74 Å². The molecule has 1 atom stereocenters. The van der Waals surface area contributed by atoms with Crippen molar-refractivity contribution in [3.05, 3.63) is 0 Å². The van der Waals surface area contributed by atoms with Crippen molar-refractivity contribution in [2.24, 2.45) is 0 Å². The van der Waals surface area contributed by atoms with E-state index in [1.165, 1.54) is 0 Å². The maximum absolute atomic E-state index is 12.2.